The van der Waals surface area contributed by atoms with Gasteiger partial charge in [0.05, 0.1) is 6.20 Å². The van der Waals surface area contributed by atoms with E-state index < -0.39 is 6.43 Å². The second-order valence-corrected chi connectivity index (χ2v) is 10.3. The number of nitrogens with zero attached hydrogens (tertiary/aromatic N) is 4. The molecule has 5 nitrogen and oxygen atoms in total. The molecule has 0 unspecified atom stereocenters. The number of pyridine rings is 1. The molecule has 0 spiro atoms. The summed E-state index contributed by atoms with van der Waals surface area (Å²) in [5.41, 5.74) is 5.42. The van der Waals surface area contributed by atoms with Crippen molar-refractivity contribution in [3.8, 4) is 34.1 Å². The Bertz CT molecular complexity index is 2130. The fourth-order valence-electron chi connectivity index (χ4n) is 5.60. The Labute approximate surface area is 265 Å². The van der Waals surface area contributed by atoms with Crippen molar-refractivity contribution >= 4 is 21.8 Å². The zero-order valence-electron chi connectivity index (χ0n) is 23.5. The molecule has 44 heavy (non-hydrogen) atoms. The quantitative estimate of drug-likeness (QED) is 0.159. The molecule has 9 heteroatoms. The molecule has 220 valence electrons. The molecule has 0 saturated carbocycles. The molecule has 7 aromatic rings. The molecule has 0 saturated heterocycles. The molecular formula is C35H23F3N4OPt. The van der Waals surface area contributed by atoms with Gasteiger partial charge in [-0.3, -0.25) is 4.68 Å². The van der Waals surface area contributed by atoms with Crippen molar-refractivity contribution in [1.82, 2.24) is 19.3 Å². The maximum Gasteiger partial charge on any atom is 2.00 e. The SMILES string of the molecule is Cc1cc(C(F)F)cc(C)c1-c1cnn(-c2[c-]c(Oc3[c-]c4c(cc3)c3ccccc3n4-c3cc(F)ccn3)ccc2)c1.[Pt+2]. The fourth-order valence-corrected chi connectivity index (χ4v) is 5.60. The number of aromatic nitrogens is 4. The van der Waals surface area contributed by atoms with Gasteiger partial charge in [0.2, 0.25) is 0 Å². The molecule has 0 aliphatic carbocycles. The van der Waals surface area contributed by atoms with Gasteiger partial charge in [-0.2, -0.15) is 17.2 Å². The van der Waals surface area contributed by atoms with Gasteiger partial charge in [0, 0.05) is 46.6 Å². The zero-order chi connectivity index (χ0) is 29.7. The molecule has 3 aromatic heterocycles. The van der Waals surface area contributed by atoms with Gasteiger partial charge < -0.3 is 9.30 Å². The van der Waals surface area contributed by atoms with Crippen LogP contribution in [0.1, 0.15) is 23.1 Å². The smallest absolute Gasteiger partial charge is 0.509 e. The number of rotatable bonds is 6. The zero-order valence-corrected chi connectivity index (χ0v) is 25.7. The Kier molecular flexibility index (Phi) is 7.87. The van der Waals surface area contributed by atoms with Crippen molar-refractivity contribution in [2.24, 2.45) is 0 Å². The van der Waals surface area contributed by atoms with Crippen LogP contribution in [-0.2, 0) is 21.1 Å². The van der Waals surface area contributed by atoms with Crippen LogP contribution in [0.3, 0.4) is 0 Å². The van der Waals surface area contributed by atoms with Crippen LogP contribution >= 0.6 is 0 Å². The van der Waals surface area contributed by atoms with E-state index in [4.69, 9.17) is 4.74 Å². The Morgan fingerprint density at radius 2 is 1.61 bits per heavy atom. The van der Waals surface area contributed by atoms with E-state index in [1.165, 1.54) is 30.5 Å². The molecule has 0 fully saturated rings. The first-order chi connectivity index (χ1) is 20.9. The van der Waals surface area contributed by atoms with Crippen LogP contribution < -0.4 is 4.74 Å². The largest absolute Gasteiger partial charge is 2.00 e. The number of hydrogen-bond acceptors (Lipinski definition) is 3. The third kappa shape index (κ3) is 5.31. The summed E-state index contributed by atoms with van der Waals surface area (Å²) in [4.78, 5) is 4.40. The van der Waals surface area contributed by atoms with Crippen molar-refractivity contribution < 1.29 is 39.0 Å². The van der Waals surface area contributed by atoms with Gasteiger partial charge in [-0.1, -0.05) is 23.7 Å². The number of halogens is 3. The molecule has 0 aliphatic heterocycles. The van der Waals surface area contributed by atoms with Crippen molar-refractivity contribution in [3.05, 3.63) is 132 Å². The minimum absolute atomic E-state index is 0. The predicted molar refractivity (Wildman–Crippen MR) is 160 cm³/mol. The van der Waals surface area contributed by atoms with E-state index in [-0.39, 0.29) is 32.4 Å². The van der Waals surface area contributed by atoms with Crippen molar-refractivity contribution in [2.75, 3.05) is 0 Å². The number of fused-ring (bicyclic) bond motifs is 3. The van der Waals surface area contributed by atoms with Gasteiger partial charge in [0.25, 0.3) is 6.43 Å². The first kappa shape index (κ1) is 29.4. The molecule has 0 amide bonds. The predicted octanol–water partition coefficient (Wildman–Crippen LogP) is 9.12. The third-order valence-electron chi connectivity index (χ3n) is 7.39. The number of hydrogen-bond donors (Lipinski definition) is 0. The van der Waals surface area contributed by atoms with E-state index in [2.05, 4.69) is 22.2 Å². The van der Waals surface area contributed by atoms with Crippen LogP contribution in [0, 0.1) is 31.8 Å². The van der Waals surface area contributed by atoms with E-state index in [0.29, 0.717) is 28.5 Å². The molecule has 0 bridgehead atoms. The van der Waals surface area contributed by atoms with E-state index in [9.17, 15) is 13.2 Å². The van der Waals surface area contributed by atoms with Gasteiger partial charge in [-0.25, -0.2) is 18.2 Å². The molecule has 0 radical (unpaired) electrons. The average molecular weight is 768 g/mol. The van der Waals surface area contributed by atoms with E-state index >= 15 is 0 Å². The average Bonchev–Trinajstić information content (AvgIpc) is 3.60. The minimum Gasteiger partial charge on any atom is -0.509 e. The summed E-state index contributed by atoms with van der Waals surface area (Å²) in [5.74, 6) is 0.960. The summed E-state index contributed by atoms with van der Waals surface area (Å²) in [6.07, 6.45) is 2.47. The summed E-state index contributed by atoms with van der Waals surface area (Å²) < 4.78 is 50.4. The molecule has 7 rings (SSSR count). The summed E-state index contributed by atoms with van der Waals surface area (Å²) >= 11 is 0. The number of ether oxygens (including phenoxy) is 1. The Morgan fingerprint density at radius 1 is 0.841 bits per heavy atom. The number of alkyl halides is 2. The fraction of sp³-hybridized carbons (Fsp3) is 0.0857. The maximum absolute atomic E-state index is 14.2. The molecule has 0 atom stereocenters. The van der Waals surface area contributed by atoms with E-state index in [1.54, 1.807) is 16.9 Å². The van der Waals surface area contributed by atoms with Crippen LogP contribution in [0.4, 0.5) is 13.2 Å². The van der Waals surface area contributed by atoms with Crippen molar-refractivity contribution in [3.63, 3.8) is 0 Å². The van der Waals surface area contributed by atoms with Crippen LogP contribution in [0.25, 0.3) is 44.4 Å². The molecule has 0 N–H and O–H groups in total. The first-order valence-electron chi connectivity index (χ1n) is 13.6. The monoisotopic (exact) mass is 767 g/mol. The summed E-state index contributed by atoms with van der Waals surface area (Å²) in [6.45, 7) is 3.65. The molecule has 0 aliphatic rings. The van der Waals surface area contributed by atoms with Gasteiger partial charge in [0.1, 0.15) is 11.6 Å². The van der Waals surface area contributed by atoms with E-state index in [0.717, 1.165) is 38.5 Å². The normalized spacial score (nSPS) is 11.3. The number of para-hydroxylation sites is 1. The second kappa shape index (κ2) is 11.8. The third-order valence-corrected chi connectivity index (χ3v) is 7.39. The summed E-state index contributed by atoms with van der Waals surface area (Å²) in [6, 6.07) is 29.4. The van der Waals surface area contributed by atoms with E-state index in [1.807, 2.05) is 73.1 Å². The number of benzene rings is 4. The van der Waals surface area contributed by atoms with Crippen LogP contribution in [-0.4, -0.2) is 19.3 Å². The van der Waals surface area contributed by atoms with Crippen molar-refractivity contribution in [2.45, 2.75) is 20.3 Å². The number of aryl methyl sites for hydroxylation is 2. The Morgan fingerprint density at radius 3 is 2.39 bits per heavy atom. The Balaban J connectivity index is 0.00000343. The van der Waals surface area contributed by atoms with Crippen LogP contribution in [0.15, 0.2) is 97.5 Å². The topological polar surface area (TPSA) is 44.9 Å². The molecule has 3 heterocycles. The van der Waals surface area contributed by atoms with Crippen LogP contribution in [0.5, 0.6) is 11.5 Å². The standard InChI is InChI=1S/C35H23F3N4O.Pt/c1-21-14-23(35(37)38)15-22(2)34(21)24-19-40-41(20-24)26-6-5-7-27(17-26)43-28-10-11-30-29-8-3-4-9-31(29)42(32(30)18-28)33-16-25(36)12-13-39-33;/h3-16,19-20,35H,1-2H3;/q-2;+2. The molecule has 4 aromatic carbocycles. The van der Waals surface area contributed by atoms with Gasteiger partial charge in [-0.15, -0.1) is 35.7 Å². The summed E-state index contributed by atoms with van der Waals surface area (Å²) in [7, 11) is 0. The molecular weight excluding hydrogens is 744 g/mol. The van der Waals surface area contributed by atoms with Gasteiger partial charge >= 0.3 is 21.1 Å². The Hall–Kier alpha value is -4.68. The van der Waals surface area contributed by atoms with Crippen LogP contribution in [0.2, 0.25) is 0 Å². The van der Waals surface area contributed by atoms with Gasteiger partial charge in [0.15, 0.2) is 0 Å². The second-order valence-electron chi connectivity index (χ2n) is 10.3. The minimum atomic E-state index is -2.52. The first-order valence-corrected chi connectivity index (χ1v) is 13.6. The maximum atomic E-state index is 14.2. The summed E-state index contributed by atoms with van der Waals surface area (Å²) in [5, 5.41) is 6.42. The van der Waals surface area contributed by atoms with Crippen molar-refractivity contribution in [1.29, 1.82) is 0 Å². The van der Waals surface area contributed by atoms with Gasteiger partial charge in [-0.05, 0) is 65.9 Å².